The first-order valence-electron chi connectivity index (χ1n) is 4.04. The molecule has 0 aliphatic heterocycles. The van der Waals surface area contributed by atoms with Crippen LogP contribution in [-0.2, 0) is 11.0 Å². The SMILES string of the molecule is O=CC=Cc1c(Cl)cc(C(F)(F)F)cc1Cl. The first-order chi connectivity index (χ1) is 7.36. The zero-order chi connectivity index (χ0) is 12.3. The van der Waals surface area contributed by atoms with Gasteiger partial charge in [0.05, 0.1) is 5.56 Å². The van der Waals surface area contributed by atoms with Crippen LogP contribution in [0.25, 0.3) is 6.08 Å². The molecule has 1 aromatic carbocycles. The number of allylic oxidation sites excluding steroid dienone is 1. The topological polar surface area (TPSA) is 17.1 Å². The quantitative estimate of drug-likeness (QED) is 0.580. The average Bonchev–Trinajstić information content (AvgIpc) is 2.15. The van der Waals surface area contributed by atoms with E-state index in [1.54, 1.807) is 0 Å². The minimum atomic E-state index is -4.50. The molecule has 86 valence electrons. The molecule has 0 radical (unpaired) electrons. The van der Waals surface area contributed by atoms with Gasteiger partial charge in [-0.05, 0) is 24.3 Å². The van der Waals surface area contributed by atoms with Crippen molar-refractivity contribution in [1.29, 1.82) is 0 Å². The van der Waals surface area contributed by atoms with Crippen molar-refractivity contribution in [3.8, 4) is 0 Å². The van der Waals surface area contributed by atoms with E-state index >= 15 is 0 Å². The van der Waals surface area contributed by atoms with Crippen LogP contribution in [0.15, 0.2) is 18.2 Å². The van der Waals surface area contributed by atoms with Crippen molar-refractivity contribution >= 4 is 35.6 Å². The minimum absolute atomic E-state index is 0.155. The van der Waals surface area contributed by atoms with Gasteiger partial charge in [-0.3, -0.25) is 4.79 Å². The van der Waals surface area contributed by atoms with E-state index < -0.39 is 11.7 Å². The van der Waals surface area contributed by atoms with Gasteiger partial charge in [-0.25, -0.2) is 0 Å². The molecule has 0 aliphatic carbocycles. The van der Waals surface area contributed by atoms with E-state index in [4.69, 9.17) is 23.2 Å². The largest absolute Gasteiger partial charge is 0.416 e. The molecule has 0 N–H and O–H groups in total. The lowest BCUT2D eigenvalue weighted by molar-refractivity contribution is -0.137. The number of carbonyl (C=O) groups is 1. The Morgan fingerprint density at radius 2 is 1.62 bits per heavy atom. The van der Waals surface area contributed by atoms with Gasteiger partial charge in [0.1, 0.15) is 6.29 Å². The first kappa shape index (κ1) is 13.1. The van der Waals surface area contributed by atoms with Crippen molar-refractivity contribution in [2.75, 3.05) is 0 Å². The van der Waals surface area contributed by atoms with Crippen LogP contribution in [0.3, 0.4) is 0 Å². The van der Waals surface area contributed by atoms with Gasteiger partial charge >= 0.3 is 6.18 Å². The van der Waals surface area contributed by atoms with Gasteiger partial charge in [-0.15, -0.1) is 0 Å². The van der Waals surface area contributed by atoms with Crippen LogP contribution in [0.4, 0.5) is 13.2 Å². The van der Waals surface area contributed by atoms with Gasteiger partial charge in [0.25, 0.3) is 0 Å². The Morgan fingerprint density at radius 3 is 2.00 bits per heavy atom. The van der Waals surface area contributed by atoms with Crippen LogP contribution in [0.2, 0.25) is 10.0 Å². The van der Waals surface area contributed by atoms with Gasteiger partial charge in [0.2, 0.25) is 0 Å². The number of alkyl halides is 3. The van der Waals surface area contributed by atoms with Gasteiger partial charge in [0, 0.05) is 15.6 Å². The van der Waals surface area contributed by atoms with E-state index in [0.29, 0.717) is 6.29 Å². The van der Waals surface area contributed by atoms with Crippen LogP contribution in [-0.4, -0.2) is 6.29 Å². The molecule has 0 aromatic heterocycles. The van der Waals surface area contributed by atoms with E-state index in [0.717, 1.165) is 18.2 Å². The molecule has 0 saturated heterocycles. The van der Waals surface area contributed by atoms with Crippen LogP contribution in [0.1, 0.15) is 11.1 Å². The summed E-state index contributed by atoms with van der Waals surface area (Å²) in [4.78, 5) is 10.1. The molecule has 16 heavy (non-hydrogen) atoms. The summed E-state index contributed by atoms with van der Waals surface area (Å²) in [5.41, 5.74) is -0.741. The van der Waals surface area contributed by atoms with Crippen LogP contribution in [0.5, 0.6) is 0 Å². The summed E-state index contributed by atoms with van der Waals surface area (Å²) >= 11 is 11.2. The smallest absolute Gasteiger partial charge is 0.299 e. The molecule has 0 aliphatic rings. The lowest BCUT2D eigenvalue weighted by Crippen LogP contribution is -2.05. The summed E-state index contributed by atoms with van der Waals surface area (Å²) in [6, 6.07) is 1.52. The van der Waals surface area contributed by atoms with Crippen LogP contribution in [0, 0.1) is 0 Å². The number of hydrogen-bond donors (Lipinski definition) is 0. The van der Waals surface area contributed by atoms with Crippen molar-refractivity contribution in [2.45, 2.75) is 6.18 Å². The lowest BCUT2D eigenvalue weighted by atomic mass is 10.1. The van der Waals surface area contributed by atoms with Gasteiger partial charge in [0.15, 0.2) is 0 Å². The zero-order valence-corrected chi connectivity index (χ0v) is 9.20. The summed E-state index contributed by atoms with van der Waals surface area (Å²) in [5, 5.41) is -0.309. The molecule has 6 heteroatoms. The number of benzene rings is 1. The standard InChI is InChI=1S/C10H5Cl2F3O/c11-8-4-6(10(13,14)15)5-9(12)7(8)2-1-3-16/h1-5H. The van der Waals surface area contributed by atoms with Crippen molar-refractivity contribution in [3.05, 3.63) is 39.4 Å². The molecule has 0 saturated carbocycles. The predicted octanol–water partition coefficient (Wildman–Crippen LogP) is 4.22. The highest BCUT2D eigenvalue weighted by Gasteiger charge is 2.31. The third-order valence-corrected chi connectivity index (χ3v) is 2.37. The normalized spacial score (nSPS) is 12.1. The minimum Gasteiger partial charge on any atom is -0.299 e. The Hall–Kier alpha value is -1.00. The van der Waals surface area contributed by atoms with Crippen molar-refractivity contribution in [3.63, 3.8) is 0 Å². The molecule has 0 heterocycles. The number of aldehydes is 1. The average molecular weight is 269 g/mol. The molecular formula is C10H5Cl2F3O. The summed E-state index contributed by atoms with van der Waals surface area (Å²) in [6.07, 6.45) is -1.68. The number of carbonyl (C=O) groups excluding carboxylic acids is 1. The van der Waals surface area contributed by atoms with E-state index in [1.807, 2.05) is 0 Å². The molecule has 1 rings (SSSR count). The Balaban J connectivity index is 3.28. The number of halogens is 5. The summed E-state index contributed by atoms with van der Waals surface area (Å²) < 4.78 is 37.0. The lowest BCUT2D eigenvalue weighted by Gasteiger charge is -2.09. The maximum absolute atomic E-state index is 12.3. The Kier molecular flexibility index (Phi) is 3.99. The molecule has 1 nitrogen and oxygen atoms in total. The highest BCUT2D eigenvalue weighted by Crippen LogP contribution is 2.36. The Morgan fingerprint density at radius 1 is 1.12 bits per heavy atom. The maximum Gasteiger partial charge on any atom is 0.416 e. The monoisotopic (exact) mass is 268 g/mol. The molecule has 1 aromatic rings. The van der Waals surface area contributed by atoms with E-state index in [9.17, 15) is 18.0 Å². The van der Waals surface area contributed by atoms with E-state index in [-0.39, 0.29) is 15.6 Å². The summed E-state index contributed by atoms with van der Waals surface area (Å²) in [7, 11) is 0. The van der Waals surface area contributed by atoms with Crippen molar-refractivity contribution in [2.24, 2.45) is 0 Å². The second-order valence-corrected chi connectivity index (χ2v) is 3.66. The molecule has 0 amide bonds. The van der Waals surface area contributed by atoms with Crippen molar-refractivity contribution < 1.29 is 18.0 Å². The number of hydrogen-bond acceptors (Lipinski definition) is 1. The van der Waals surface area contributed by atoms with E-state index in [2.05, 4.69) is 0 Å². The van der Waals surface area contributed by atoms with Gasteiger partial charge in [-0.2, -0.15) is 13.2 Å². The van der Waals surface area contributed by atoms with Crippen LogP contribution >= 0.6 is 23.2 Å². The van der Waals surface area contributed by atoms with Gasteiger partial charge < -0.3 is 0 Å². The third-order valence-electron chi connectivity index (χ3n) is 1.75. The molecular weight excluding hydrogens is 264 g/mol. The fourth-order valence-electron chi connectivity index (χ4n) is 1.04. The second kappa shape index (κ2) is 4.89. The maximum atomic E-state index is 12.3. The molecule has 0 unspecified atom stereocenters. The first-order valence-corrected chi connectivity index (χ1v) is 4.80. The second-order valence-electron chi connectivity index (χ2n) is 2.85. The Bertz CT molecular complexity index is 415. The highest BCUT2D eigenvalue weighted by atomic mass is 35.5. The van der Waals surface area contributed by atoms with Crippen LogP contribution < -0.4 is 0 Å². The molecule has 0 spiro atoms. The van der Waals surface area contributed by atoms with Gasteiger partial charge in [-0.1, -0.05) is 23.2 Å². The molecule has 0 fully saturated rings. The molecule has 0 atom stereocenters. The number of rotatable bonds is 2. The highest BCUT2D eigenvalue weighted by molar-refractivity contribution is 6.37. The van der Waals surface area contributed by atoms with E-state index in [1.165, 1.54) is 6.08 Å². The zero-order valence-electron chi connectivity index (χ0n) is 7.68. The van der Waals surface area contributed by atoms with Crippen molar-refractivity contribution in [1.82, 2.24) is 0 Å². The summed E-state index contributed by atoms with van der Waals surface area (Å²) in [6.45, 7) is 0. The summed E-state index contributed by atoms with van der Waals surface area (Å²) in [5.74, 6) is 0. The fourth-order valence-corrected chi connectivity index (χ4v) is 1.66. The fraction of sp³-hybridized carbons (Fsp3) is 0.100. The Labute approximate surface area is 99.5 Å². The molecule has 0 bridgehead atoms. The predicted molar refractivity (Wildman–Crippen MR) is 56.6 cm³/mol. The third kappa shape index (κ3) is 3.00.